The first-order chi connectivity index (χ1) is 14.2. The van der Waals surface area contributed by atoms with Crippen LogP contribution < -0.4 is 5.32 Å². The molecule has 0 spiro atoms. The van der Waals surface area contributed by atoms with E-state index in [0.717, 1.165) is 49.8 Å². The van der Waals surface area contributed by atoms with Crippen molar-refractivity contribution < 1.29 is 9.18 Å². The summed E-state index contributed by atoms with van der Waals surface area (Å²) in [7, 11) is 0. The molecule has 2 aromatic heterocycles. The Labute approximate surface area is 173 Å². The lowest BCUT2D eigenvalue weighted by atomic mass is 10.1. The number of hydrogen-bond donors (Lipinski definition) is 1. The molecular formula is C21H24FN5OS. The van der Waals surface area contributed by atoms with Gasteiger partial charge < -0.3 is 9.88 Å². The monoisotopic (exact) mass is 413 g/mol. The largest absolute Gasteiger partial charge is 0.355 e. The zero-order valence-electron chi connectivity index (χ0n) is 16.2. The highest BCUT2D eigenvalue weighted by Crippen LogP contribution is 2.15. The van der Waals surface area contributed by atoms with Crippen molar-refractivity contribution in [1.29, 1.82) is 0 Å². The molecule has 1 aliphatic rings. The van der Waals surface area contributed by atoms with Gasteiger partial charge in [0, 0.05) is 50.4 Å². The van der Waals surface area contributed by atoms with Crippen molar-refractivity contribution in [3.8, 4) is 0 Å². The summed E-state index contributed by atoms with van der Waals surface area (Å²) in [6.45, 7) is 4.30. The molecule has 29 heavy (non-hydrogen) atoms. The van der Waals surface area contributed by atoms with E-state index < -0.39 is 0 Å². The zero-order chi connectivity index (χ0) is 20.1. The van der Waals surface area contributed by atoms with E-state index in [1.165, 1.54) is 17.0 Å². The lowest BCUT2D eigenvalue weighted by Gasteiger charge is -2.18. The van der Waals surface area contributed by atoms with Crippen LogP contribution in [-0.2, 0) is 37.1 Å². The molecule has 0 unspecified atom stereocenters. The Balaban J connectivity index is 1.26. The number of halogens is 1. The first-order valence-electron chi connectivity index (χ1n) is 9.84. The van der Waals surface area contributed by atoms with Crippen molar-refractivity contribution in [1.82, 2.24) is 25.0 Å². The van der Waals surface area contributed by atoms with E-state index in [4.69, 9.17) is 0 Å². The molecule has 1 amide bonds. The van der Waals surface area contributed by atoms with Gasteiger partial charge in [-0.1, -0.05) is 18.2 Å². The molecule has 1 aromatic carbocycles. The van der Waals surface area contributed by atoms with E-state index in [0.29, 0.717) is 13.0 Å². The fraction of sp³-hybridized carbons (Fsp3) is 0.381. The van der Waals surface area contributed by atoms with Gasteiger partial charge in [-0.15, -0.1) is 21.5 Å². The first kappa shape index (κ1) is 19.7. The third-order valence-electron chi connectivity index (χ3n) is 5.10. The number of hydrogen-bond acceptors (Lipinski definition) is 5. The Morgan fingerprint density at radius 2 is 2.00 bits per heavy atom. The fourth-order valence-corrected chi connectivity index (χ4v) is 4.30. The number of nitrogens with one attached hydrogen (secondary N) is 1. The van der Waals surface area contributed by atoms with E-state index in [-0.39, 0.29) is 18.1 Å². The van der Waals surface area contributed by atoms with Gasteiger partial charge in [-0.25, -0.2) is 4.39 Å². The molecule has 0 fully saturated rings. The molecule has 6 nitrogen and oxygen atoms in total. The van der Waals surface area contributed by atoms with Gasteiger partial charge in [-0.2, -0.15) is 0 Å². The van der Waals surface area contributed by atoms with Crippen LogP contribution in [0.3, 0.4) is 0 Å². The molecule has 0 atom stereocenters. The smallest absolute Gasteiger partial charge is 0.224 e. The maximum absolute atomic E-state index is 13.0. The van der Waals surface area contributed by atoms with Crippen LogP contribution in [0, 0.1) is 5.82 Å². The lowest BCUT2D eigenvalue weighted by Crippen LogP contribution is -2.28. The van der Waals surface area contributed by atoms with Crippen molar-refractivity contribution >= 4 is 17.2 Å². The quantitative estimate of drug-likeness (QED) is 0.646. The Kier molecular flexibility index (Phi) is 6.31. The van der Waals surface area contributed by atoms with Crippen molar-refractivity contribution in [2.24, 2.45) is 0 Å². The summed E-state index contributed by atoms with van der Waals surface area (Å²) in [5.74, 6) is 1.57. The molecule has 3 aromatic rings. The molecule has 0 saturated heterocycles. The van der Waals surface area contributed by atoms with E-state index in [1.54, 1.807) is 23.5 Å². The fourth-order valence-electron chi connectivity index (χ4n) is 3.56. The molecule has 3 heterocycles. The molecule has 0 saturated carbocycles. The summed E-state index contributed by atoms with van der Waals surface area (Å²) in [5, 5.41) is 13.7. The minimum absolute atomic E-state index is 0.0747. The standard InChI is InChI=1S/C21H24FN5OS/c22-17-5-3-16(4-6-17)14-21(28)23-9-7-19-24-25-20-8-10-26(11-12-27(19)20)15-18-2-1-13-29-18/h1-6,13H,7-12,14-15H2,(H,23,28). The van der Waals surface area contributed by atoms with Crippen LogP contribution in [0.1, 0.15) is 22.1 Å². The molecule has 0 bridgehead atoms. The van der Waals surface area contributed by atoms with Crippen molar-refractivity contribution in [2.45, 2.75) is 32.4 Å². The number of nitrogens with zero attached hydrogens (tertiary/aromatic N) is 4. The number of fused-ring (bicyclic) bond motifs is 1. The van der Waals surface area contributed by atoms with Gasteiger partial charge in [-0.05, 0) is 29.1 Å². The van der Waals surface area contributed by atoms with Crippen LogP contribution in [-0.4, -0.2) is 45.2 Å². The highest BCUT2D eigenvalue weighted by molar-refractivity contribution is 7.09. The molecule has 0 aliphatic carbocycles. The van der Waals surface area contributed by atoms with Crippen LogP contribution in [0.2, 0.25) is 0 Å². The number of amides is 1. The van der Waals surface area contributed by atoms with Gasteiger partial charge in [0.25, 0.3) is 0 Å². The van der Waals surface area contributed by atoms with Crippen molar-refractivity contribution in [2.75, 3.05) is 19.6 Å². The predicted octanol–water partition coefficient (Wildman–Crippen LogP) is 2.44. The average molecular weight is 414 g/mol. The molecule has 152 valence electrons. The number of thiophene rings is 1. The number of carbonyl (C=O) groups excluding carboxylic acids is 1. The summed E-state index contributed by atoms with van der Waals surface area (Å²) in [6.07, 6.45) is 1.78. The minimum atomic E-state index is -0.296. The van der Waals surface area contributed by atoms with Gasteiger partial charge in [0.05, 0.1) is 6.42 Å². The van der Waals surface area contributed by atoms with Gasteiger partial charge in [0.2, 0.25) is 5.91 Å². The van der Waals surface area contributed by atoms with Crippen molar-refractivity contribution in [3.05, 3.63) is 69.7 Å². The number of rotatable bonds is 7. The molecular weight excluding hydrogens is 389 g/mol. The number of carbonyl (C=O) groups is 1. The van der Waals surface area contributed by atoms with E-state index >= 15 is 0 Å². The van der Waals surface area contributed by atoms with Gasteiger partial charge in [0.1, 0.15) is 17.5 Å². The van der Waals surface area contributed by atoms with Gasteiger partial charge in [0.15, 0.2) is 0 Å². The highest BCUT2D eigenvalue weighted by atomic mass is 32.1. The highest BCUT2D eigenvalue weighted by Gasteiger charge is 2.19. The Bertz CT molecular complexity index is 939. The van der Waals surface area contributed by atoms with Crippen molar-refractivity contribution in [3.63, 3.8) is 0 Å². The van der Waals surface area contributed by atoms with Crippen LogP contribution >= 0.6 is 11.3 Å². The molecule has 1 N–H and O–H groups in total. The zero-order valence-corrected chi connectivity index (χ0v) is 17.0. The summed E-state index contributed by atoms with van der Waals surface area (Å²) in [4.78, 5) is 15.9. The second-order valence-corrected chi connectivity index (χ2v) is 8.23. The lowest BCUT2D eigenvalue weighted by molar-refractivity contribution is -0.120. The average Bonchev–Trinajstić information content (AvgIpc) is 3.31. The van der Waals surface area contributed by atoms with Crippen LogP contribution in [0.25, 0.3) is 0 Å². The van der Waals surface area contributed by atoms with Gasteiger partial charge >= 0.3 is 0 Å². The number of benzene rings is 1. The molecule has 1 aliphatic heterocycles. The SMILES string of the molecule is O=C(Cc1ccc(F)cc1)NCCc1nnc2n1CCN(Cc1cccs1)CC2. The first-order valence-corrected chi connectivity index (χ1v) is 10.7. The Morgan fingerprint density at radius 1 is 1.14 bits per heavy atom. The molecule has 8 heteroatoms. The van der Waals surface area contributed by atoms with Crippen LogP contribution in [0.4, 0.5) is 4.39 Å². The predicted molar refractivity (Wildman–Crippen MR) is 110 cm³/mol. The topological polar surface area (TPSA) is 63.1 Å². The summed E-state index contributed by atoms with van der Waals surface area (Å²) in [5.41, 5.74) is 0.797. The Morgan fingerprint density at radius 3 is 2.79 bits per heavy atom. The summed E-state index contributed by atoms with van der Waals surface area (Å²) in [6, 6.07) is 10.3. The summed E-state index contributed by atoms with van der Waals surface area (Å²) >= 11 is 1.79. The summed E-state index contributed by atoms with van der Waals surface area (Å²) < 4.78 is 15.1. The Hall–Kier alpha value is -2.58. The second kappa shape index (κ2) is 9.28. The second-order valence-electron chi connectivity index (χ2n) is 7.19. The van der Waals surface area contributed by atoms with E-state index in [1.807, 2.05) is 0 Å². The molecule has 0 radical (unpaired) electrons. The van der Waals surface area contributed by atoms with E-state index in [2.05, 4.69) is 42.5 Å². The molecule has 4 rings (SSSR count). The third-order valence-corrected chi connectivity index (χ3v) is 5.96. The van der Waals surface area contributed by atoms with Gasteiger partial charge in [-0.3, -0.25) is 9.69 Å². The van der Waals surface area contributed by atoms with E-state index in [9.17, 15) is 9.18 Å². The minimum Gasteiger partial charge on any atom is -0.355 e. The normalized spacial score (nSPS) is 14.4. The third kappa shape index (κ3) is 5.27. The maximum Gasteiger partial charge on any atom is 0.224 e. The van der Waals surface area contributed by atoms with Crippen LogP contribution in [0.5, 0.6) is 0 Å². The number of aromatic nitrogens is 3. The maximum atomic E-state index is 13.0. The van der Waals surface area contributed by atoms with Crippen LogP contribution in [0.15, 0.2) is 41.8 Å².